The standard InChI is InChI=1S/C11H13N3O4/c12-3-4-14-9(15)5-7(1-2-10(16)17)8(6-13)11(14)18/h5,18H,1-4,12H2,(H,16,17). The van der Waals surface area contributed by atoms with Crippen LogP contribution in [0.2, 0.25) is 0 Å². The Morgan fingerprint density at radius 3 is 2.72 bits per heavy atom. The summed E-state index contributed by atoms with van der Waals surface area (Å²) in [5.74, 6) is -1.50. The number of nitrogens with two attached hydrogens (primary N) is 1. The van der Waals surface area contributed by atoms with Gasteiger partial charge in [0.1, 0.15) is 11.6 Å². The van der Waals surface area contributed by atoms with Crippen molar-refractivity contribution >= 4 is 5.97 Å². The number of nitrogens with zero attached hydrogens (tertiary/aromatic N) is 2. The van der Waals surface area contributed by atoms with Crippen LogP contribution in [0.25, 0.3) is 0 Å². The molecule has 0 atom stereocenters. The van der Waals surface area contributed by atoms with Crippen LogP contribution in [0, 0.1) is 11.3 Å². The molecule has 1 heterocycles. The molecule has 0 radical (unpaired) electrons. The zero-order valence-corrected chi connectivity index (χ0v) is 9.59. The Balaban J connectivity index is 3.25. The number of aliphatic carboxylic acids is 1. The Morgan fingerprint density at radius 1 is 1.56 bits per heavy atom. The lowest BCUT2D eigenvalue weighted by Crippen LogP contribution is -2.25. The molecule has 7 heteroatoms. The van der Waals surface area contributed by atoms with Gasteiger partial charge in [-0.3, -0.25) is 14.2 Å². The van der Waals surface area contributed by atoms with Gasteiger partial charge in [-0.05, 0) is 12.0 Å². The van der Waals surface area contributed by atoms with Gasteiger partial charge in [0.15, 0.2) is 0 Å². The number of hydrogen-bond donors (Lipinski definition) is 3. The monoisotopic (exact) mass is 251 g/mol. The zero-order chi connectivity index (χ0) is 13.7. The molecule has 4 N–H and O–H groups in total. The van der Waals surface area contributed by atoms with E-state index in [1.165, 1.54) is 0 Å². The molecule has 0 spiro atoms. The maximum absolute atomic E-state index is 11.7. The highest BCUT2D eigenvalue weighted by Gasteiger charge is 2.15. The third-order valence-corrected chi connectivity index (χ3v) is 2.44. The number of rotatable bonds is 5. The first-order chi connectivity index (χ1) is 8.51. The van der Waals surface area contributed by atoms with Gasteiger partial charge >= 0.3 is 5.97 Å². The summed E-state index contributed by atoms with van der Waals surface area (Å²) in [4.78, 5) is 22.1. The lowest BCUT2D eigenvalue weighted by molar-refractivity contribution is -0.136. The molecule has 7 nitrogen and oxygen atoms in total. The highest BCUT2D eigenvalue weighted by atomic mass is 16.4. The first-order valence-corrected chi connectivity index (χ1v) is 5.29. The van der Waals surface area contributed by atoms with Crippen molar-refractivity contribution in [1.82, 2.24) is 4.57 Å². The maximum atomic E-state index is 11.7. The Morgan fingerprint density at radius 2 is 2.22 bits per heavy atom. The van der Waals surface area contributed by atoms with E-state index in [2.05, 4.69) is 0 Å². The minimum absolute atomic E-state index is 0.0183. The summed E-state index contributed by atoms with van der Waals surface area (Å²) in [6, 6.07) is 2.93. The van der Waals surface area contributed by atoms with E-state index in [0.29, 0.717) is 0 Å². The van der Waals surface area contributed by atoms with E-state index in [0.717, 1.165) is 10.6 Å². The Hall–Kier alpha value is -2.33. The van der Waals surface area contributed by atoms with Crippen molar-refractivity contribution in [2.45, 2.75) is 19.4 Å². The topological polar surface area (TPSA) is 129 Å². The van der Waals surface area contributed by atoms with E-state index in [9.17, 15) is 14.7 Å². The number of aryl methyl sites for hydroxylation is 1. The van der Waals surface area contributed by atoms with Gasteiger partial charge in [0.25, 0.3) is 5.56 Å². The van der Waals surface area contributed by atoms with Crippen molar-refractivity contribution in [1.29, 1.82) is 5.26 Å². The fourth-order valence-corrected chi connectivity index (χ4v) is 1.59. The van der Waals surface area contributed by atoms with Crippen molar-refractivity contribution in [3.05, 3.63) is 27.5 Å². The largest absolute Gasteiger partial charge is 0.493 e. The molecule has 0 amide bonds. The van der Waals surface area contributed by atoms with Crippen molar-refractivity contribution in [3.63, 3.8) is 0 Å². The lowest BCUT2D eigenvalue weighted by Gasteiger charge is -2.11. The first kappa shape index (κ1) is 13.7. The second kappa shape index (κ2) is 5.84. The molecule has 1 rings (SSSR count). The van der Waals surface area contributed by atoms with Gasteiger partial charge in [0.2, 0.25) is 5.88 Å². The van der Waals surface area contributed by atoms with Crippen LogP contribution < -0.4 is 11.3 Å². The fraction of sp³-hybridized carbons (Fsp3) is 0.364. The Labute approximate surface area is 103 Å². The first-order valence-electron chi connectivity index (χ1n) is 5.29. The minimum Gasteiger partial charge on any atom is -0.493 e. The van der Waals surface area contributed by atoms with Crippen molar-refractivity contribution < 1.29 is 15.0 Å². The second-order valence-corrected chi connectivity index (χ2v) is 3.65. The molecule has 0 unspecified atom stereocenters. The lowest BCUT2D eigenvalue weighted by atomic mass is 10.1. The molecule has 0 saturated carbocycles. The Kier molecular flexibility index (Phi) is 4.45. The highest BCUT2D eigenvalue weighted by Crippen LogP contribution is 2.19. The van der Waals surface area contributed by atoms with Gasteiger partial charge in [0.05, 0.1) is 0 Å². The van der Waals surface area contributed by atoms with Gasteiger partial charge in [-0.15, -0.1) is 0 Å². The van der Waals surface area contributed by atoms with Crippen molar-refractivity contribution in [2.24, 2.45) is 5.73 Å². The van der Waals surface area contributed by atoms with E-state index in [1.54, 1.807) is 6.07 Å². The molecular weight excluding hydrogens is 238 g/mol. The van der Waals surface area contributed by atoms with Crippen LogP contribution in [0.15, 0.2) is 10.9 Å². The summed E-state index contributed by atoms with van der Waals surface area (Å²) in [5, 5.41) is 27.3. The zero-order valence-electron chi connectivity index (χ0n) is 9.59. The predicted octanol–water partition coefficient (Wildman–Crippen LogP) is -0.599. The van der Waals surface area contributed by atoms with Gasteiger partial charge in [-0.1, -0.05) is 0 Å². The molecule has 1 aromatic rings. The number of nitriles is 1. The fourth-order valence-electron chi connectivity index (χ4n) is 1.59. The molecule has 0 aromatic carbocycles. The third-order valence-electron chi connectivity index (χ3n) is 2.44. The van der Waals surface area contributed by atoms with Crippen LogP contribution in [-0.4, -0.2) is 27.3 Å². The molecule has 0 bridgehead atoms. The van der Waals surface area contributed by atoms with E-state index in [4.69, 9.17) is 16.1 Å². The molecule has 0 aliphatic carbocycles. The van der Waals surface area contributed by atoms with E-state index in [-0.39, 0.29) is 37.1 Å². The summed E-state index contributed by atoms with van der Waals surface area (Å²) in [6.45, 7) is 0.241. The molecule has 1 aromatic heterocycles. The van der Waals surface area contributed by atoms with Crippen LogP contribution in [0.5, 0.6) is 5.88 Å². The van der Waals surface area contributed by atoms with Gasteiger partial charge in [-0.2, -0.15) is 5.26 Å². The van der Waals surface area contributed by atoms with E-state index < -0.39 is 17.4 Å². The Bertz CT molecular complexity index is 557. The van der Waals surface area contributed by atoms with E-state index >= 15 is 0 Å². The summed E-state index contributed by atoms with van der Waals surface area (Å²) in [6.07, 6.45) is -0.195. The number of hydrogen-bond acceptors (Lipinski definition) is 5. The molecule has 96 valence electrons. The molecule has 0 aliphatic rings. The van der Waals surface area contributed by atoms with Gasteiger partial charge < -0.3 is 15.9 Å². The number of aromatic nitrogens is 1. The number of carboxylic acids is 1. The molecular formula is C11H13N3O4. The van der Waals surface area contributed by atoms with Gasteiger partial charge in [0, 0.05) is 25.6 Å². The SMILES string of the molecule is N#Cc1c(CCC(=O)O)cc(=O)n(CCN)c1O. The molecule has 0 fully saturated rings. The quantitative estimate of drug-likeness (QED) is 0.640. The summed E-state index contributed by atoms with van der Waals surface area (Å²) in [5.41, 5.74) is 4.95. The van der Waals surface area contributed by atoms with Crippen LogP contribution in [0.4, 0.5) is 0 Å². The number of pyridine rings is 1. The average molecular weight is 251 g/mol. The van der Waals surface area contributed by atoms with Crippen LogP contribution in [0.3, 0.4) is 0 Å². The maximum Gasteiger partial charge on any atom is 0.303 e. The normalized spacial score (nSPS) is 10.0. The smallest absolute Gasteiger partial charge is 0.303 e. The molecule has 0 saturated heterocycles. The van der Waals surface area contributed by atoms with Gasteiger partial charge in [-0.25, -0.2) is 0 Å². The van der Waals surface area contributed by atoms with Crippen LogP contribution in [-0.2, 0) is 17.8 Å². The number of carboxylic acid groups (broad SMARTS) is 1. The molecule has 0 aliphatic heterocycles. The minimum atomic E-state index is -1.04. The highest BCUT2D eigenvalue weighted by molar-refractivity contribution is 5.67. The molecule has 18 heavy (non-hydrogen) atoms. The summed E-state index contributed by atoms with van der Waals surface area (Å²) in [7, 11) is 0. The second-order valence-electron chi connectivity index (χ2n) is 3.65. The number of carbonyl (C=O) groups is 1. The third kappa shape index (κ3) is 2.87. The van der Waals surface area contributed by atoms with Crippen LogP contribution >= 0.6 is 0 Å². The average Bonchev–Trinajstić information content (AvgIpc) is 2.31. The number of aromatic hydroxyl groups is 1. The van der Waals surface area contributed by atoms with E-state index in [1.807, 2.05) is 0 Å². The van der Waals surface area contributed by atoms with Crippen LogP contribution in [0.1, 0.15) is 17.5 Å². The van der Waals surface area contributed by atoms with Crippen molar-refractivity contribution in [3.8, 4) is 11.9 Å². The summed E-state index contributed by atoms with van der Waals surface area (Å²) >= 11 is 0. The predicted molar refractivity (Wildman–Crippen MR) is 62.1 cm³/mol. The summed E-state index contributed by atoms with van der Waals surface area (Å²) < 4.78 is 0.989. The van der Waals surface area contributed by atoms with Crippen molar-refractivity contribution in [2.75, 3.05) is 6.54 Å².